The predicted octanol–water partition coefficient (Wildman–Crippen LogP) is 0.979. The van der Waals surface area contributed by atoms with Crippen LogP contribution in [0.4, 0.5) is 0 Å². The molecule has 0 aromatic heterocycles. The van der Waals surface area contributed by atoms with Crippen LogP contribution in [0, 0.1) is 6.92 Å². The SMILES string of the molecule is COc1ccc(S(=O)(=O)N2C(=O)CC[C@@H]2C(=O)NC[C@H]2CCCO2)cc1C. The molecule has 0 aliphatic carbocycles. The van der Waals surface area contributed by atoms with Gasteiger partial charge in [0.25, 0.3) is 10.0 Å². The molecule has 3 rings (SSSR count). The minimum absolute atomic E-state index is 0.0202. The van der Waals surface area contributed by atoms with Crippen molar-refractivity contribution in [1.29, 1.82) is 0 Å². The van der Waals surface area contributed by atoms with Crippen LogP contribution in [0.3, 0.4) is 0 Å². The number of methoxy groups -OCH3 is 1. The van der Waals surface area contributed by atoms with Crippen molar-refractivity contribution in [2.75, 3.05) is 20.3 Å². The van der Waals surface area contributed by atoms with E-state index in [2.05, 4.69) is 5.32 Å². The highest BCUT2D eigenvalue weighted by atomic mass is 32.2. The van der Waals surface area contributed by atoms with Gasteiger partial charge >= 0.3 is 0 Å². The number of ether oxygens (including phenoxy) is 2. The first kappa shape index (κ1) is 19.6. The van der Waals surface area contributed by atoms with Gasteiger partial charge in [0.05, 0.1) is 18.1 Å². The van der Waals surface area contributed by atoms with Crippen molar-refractivity contribution >= 4 is 21.8 Å². The number of benzene rings is 1. The van der Waals surface area contributed by atoms with E-state index in [1.54, 1.807) is 6.92 Å². The Morgan fingerprint density at radius 3 is 2.78 bits per heavy atom. The summed E-state index contributed by atoms with van der Waals surface area (Å²) in [6, 6.07) is 3.33. The van der Waals surface area contributed by atoms with Gasteiger partial charge in [-0.3, -0.25) is 9.59 Å². The second kappa shape index (κ2) is 7.85. The van der Waals surface area contributed by atoms with Crippen molar-refractivity contribution in [3.63, 3.8) is 0 Å². The number of nitrogens with zero attached hydrogens (tertiary/aromatic N) is 1. The van der Waals surface area contributed by atoms with E-state index >= 15 is 0 Å². The normalized spacial score (nSPS) is 22.9. The van der Waals surface area contributed by atoms with E-state index in [0.29, 0.717) is 24.5 Å². The maximum atomic E-state index is 13.0. The van der Waals surface area contributed by atoms with Crippen LogP contribution in [0.5, 0.6) is 5.75 Å². The average Bonchev–Trinajstić information content (AvgIpc) is 3.29. The van der Waals surface area contributed by atoms with Gasteiger partial charge in [-0.2, -0.15) is 0 Å². The Kier molecular flexibility index (Phi) is 5.71. The fourth-order valence-electron chi connectivity index (χ4n) is 3.46. The van der Waals surface area contributed by atoms with Gasteiger partial charge in [0.15, 0.2) is 0 Å². The first-order chi connectivity index (χ1) is 12.8. The maximum absolute atomic E-state index is 13.0. The highest BCUT2D eigenvalue weighted by Crippen LogP contribution is 2.30. The van der Waals surface area contributed by atoms with Crippen LogP contribution >= 0.6 is 0 Å². The summed E-state index contributed by atoms with van der Waals surface area (Å²) in [5.41, 5.74) is 0.629. The average molecular weight is 396 g/mol. The first-order valence-electron chi connectivity index (χ1n) is 8.96. The molecule has 2 saturated heterocycles. The number of nitrogens with one attached hydrogen (secondary N) is 1. The van der Waals surface area contributed by atoms with Crippen molar-refractivity contribution in [1.82, 2.24) is 9.62 Å². The molecule has 27 heavy (non-hydrogen) atoms. The molecule has 0 unspecified atom stereocenters. The molecule has 1 N–H and O–H groups in total. The molecule has 148 valence electrons. The Hall–Kier alpha value is -2.13. The summed E-state index contributed by atoms with van der Waals surface area (Å²) in [5.74, 6) is -0.488. The zero-order valence-electron chi connectivity index (χ0n) is 15.4. The second-order valence-electron chi connectivity index (χ2n) is 6.76. The zero-order chi connectivity index (χ0) is 19.6. The molecule has 0 spiro atoms. The van der Waals surface area contributed by atoms with Gasteiger partial charge in [0.1, 0.15) is 11.8 Å². The standard InChI is InChI=1S/C18H24N2O6S/c1-12-10-14(5-7-16(12)25-2)27(23,24)20-15(6-8-17(20)21)18(22)19-11-13-4-3-9-26-13/h5,7,10,13,15H,3-4,6,8-9,11H2,1-2H3,(H,19,22)/t13-,15-/m1/s1. The van der Waals surface area contributed by atoms with E-state index in [4.69, 9.17) is 9.47 Å². The summed E-state index contributed by atoms with van der Waals surface area (Å²) in [7, 11) is -2.64. The van der Waals surface area contributed by atoms with E-state index in [1.165, 1.54) is 25.3 Å². The van der Waals surface area contributed by atoms with E-state index in [-0.39, 0.29) is 23.8 Å². The largest absolute Gasteiger partial charge is 0.496 e. The molecule has 1 aromatic carbocycles. The third kappa shape index (κ3) is 3.93. The van der Waals surface area contributed by atoms with Gasteiger partial charge in [0.2, 0.25) is 11.8 Å². The van der Waals surface area contributed by atoms with E-state index in [0.717, 1.165) is 17.1 Å². The number of aryl methyl sites for hydroxylation is 1. The number of carbonyl (C=O) groups excluding carboxylic acids is 2. The highest BCUT2D eigenvalue weighted by Gasteiger charge is 2.44. The molecule has 8 nitrogen and oxygen atoms in total. The molecule has 1 aromatic rings. The smallest absolute Gasteiger partial charge is 0.267 e. The monoisotopic (exact) mass is 396 g/mol. The quantitative estimate of drug-likeness (QED) is 0.769. The molecular formula is C18H24N2O6S. The molecule has 2 aliphatic heterocycles. The van der Waals surface area contributed by atoms with Crippen LogP contribution in [-0.2, 0) is 24.3 Å². The van der Waals surface area contributed by atoms with Gasteiger partial charge in [-0.1, -0.05) is 0 Å². The van der Waals surface area contributed by atoms with Crippen molar-refractivity contribution in [3.05, 3.63) is 23.8 Å². The number of carbonyl (C=O) groups is 2. The van der Waals surface area contributed by atoms with E-state index < -0.39 is 27.9 Å². The van der Waals surface area contributed by atoms with Crippen LogP contribution in [0.2, 0.25) is 0 Å². The maximum Gasteiger partial charge on any atom is 0.267 e. The van der Waals surface area contributed by atoms with Crippen molar-refractivity contribution < 1.29 is 27.5 Å². The van der Waals surface area contributed by atoms with Crippen LogP contribution in [0.15, 0.2) is 23.1 Å². The van der Waals surface area contributed by atoms with Crippen LogP contribution in [0.1, 0.15) is 31.2 Å². The van der Waals surface area contributed by atoms with Gasteiger partial charge in [-0.15, -0.1) is 0 Å². The fraction of sp³-hybridized carbons (Fsp3) is 0.556. The minimum Gasteiger partial charge on any atom is -0.496 e. The summed E-state index contributed by atoms with van der Waals surface area (Å²) >= 11 is 0. The lowest BCUT2D eigenvalue weighted by Gasteiger charge is -2.24. The molecule has 2 atom stereocenters. The zero-order valence-corrected chi connectivity index (χ0v) is 16.3. The summed E-state index contributed by atoms with van der Waals surface area (Å²) < 4.78 is 37.4. The Morgan fingerprint density at radius 1 is 1.37 bits per heavy atom. The summed E-state index contributed by atoms with van der Waals surface area (Å²) in [6.07, 6.45) is 1.94. The number of hydrogen-bond acceptors (Lipinski definition) is 6. The summed E-state index contributed by atoms with van der Waals surface area (Å²) in [5, 5.41) is 2.73. The Labute approximate surface area is 158 Å². The van der Waals surface area contributed by atoms with E-state index in [9.17, 15) is 18.0 Å². The van der Waals surface area contributed by atoms with Gasteiger partial charge in [-0.05, 0) is 49.9 Å². The third-order valence-electron chi connectivity index (χ3n) is 4.91. The molecule has 2 fully saturated rings. The number of hydrogen-bond donors (Lipinski definition) is 1. The molecule has 0 saturated carbocycles. The lowest BCUT2D eigenvalue weighted by Crippen LogP contribution is -2.48. The van der Waals surface area contributed by atoms with Crippen LogP contribution in [-0.4, -0.2) is 56.9 Å². The molecular weight excluding hydrogens is 372 g/mol. The first-order valence-corrected chi connectivity index (χ1v) is 10.4. The molecule has 2 amide bonds. The number of rotatable bonds is 6. The highest BCUT2D eigenvalue weighted by molar-refractivity contribution is 7.89. The van der Waals surface area contributed by atoms with Crippen molar-refractivity contribution in [2.24, 2.45) is 0 Å². The van der Waals surface area contributed by atoms with Crippen LogP contribution in [0.25, 0.3) is 0 Å². The molecule has 2 heterocycles. The van der Waals surface area contributed by atoms with Crippen molar-refractivity contribution in [2.45, 2.75) is 49.6 Å². The Morgan fingerprint density at radius 2 is 2.15 bits per heavy atom. The lowest BCUT2D eigenvalue weighted by atomic mass is 10.2. The summed E-state index contributed by atoms with van der Waals surface area (Å²) in [6.45, 7) is 2.70. The minimum atomic E-state index is -4.13. The molecule has 0 radical (unpaired) electrons. The van der Waals surface area contributed by atoms with E-state index in [1.807, 2.05) is 0 Å². The third-order valence-corrected chi connectivity index (χ3v) is 6.74. The Bertz CT molecular complexity index is 832. The number of amides is 2. The Balaban J connectivity index is 1.80. The predicted molar refractivity (Wildman–Crippen MR) is 96.8 cm³/mol. The topological polar surface area (TPSA) is 102 Å². The molecule has 0 bridgehead atoms. The number of sulfonamides is 1. The fourth-order valence-corrected chi connectivity index (χ4v) is 5.15. The molecule has 2 aliphatic rings. The lowest BCUT2D eigenvalue weighted by molar-refractivity contribution is -0.130. The van der Waals surface area contributed by atoms with Gasteiger partial charge < -0.3 is 14.8 Å². The molecule has 9 heteroatoms. The summed E-state index contributed by atoms with van der Waals surface area (Å²) in [4.78, 5) is 24.8. The van der Waals surface area contributed by atoms with Gasteiger partial charge in [-0.25, -0.2) is 12.7 Å². The van der Waals surface area contributed by atoms with Crippen molar-refractivity contribution in [3.8, 4) is 5.75 Å². The second-order valence-corrected chi connectivity index (χ2v) is 8.58. The van der Waals surface area contributed by atoms with Crippen LogP contribution < -0.4 is 10.1 Å². The van der Waals surface area contributed by atoms with Gasteiger partial charge in [0, 0.05) is 19.6 Å².